The molecule has 2 aliphatic rings. The van der Waals surface area contributed by atoms with E-state index in [1.54, 1.807) is 6.92 Å². The third-order valence-electron chi connectivity index (χ3n) is 3.79. The highest BCUT2D eigenvalue weighted by Gasteiger charge is 2.34. The average molecular weight is 378 g/mol. The summed E-state index contributed by atoms with van der Waals surface area (Å²) < 4.78 is -0.292. The summed E-state index contributed by atoms with van der Waals surface area (Å²) in [6.07, 6.45) is 8.11. The fraction of sp³-hybridized carbons (Fsp3) is 0.471. The van der Waals surface area contributed by atoms with Crippen molar-refractivity contribution in [3.05, 3.63) is 23.8 Å². The van der Waals surface area contributed by atoms with Gasteiger partial charge in [0, 0.05) is 12.8 Å². The zero-order chi connectivity index (χ0) is 18.4. The highest BCUT2D eigenvalue weighted by Crippen LogP contribution is 2.34. The molecule has 1 aliphatic heterocycles. The molecule has 1 aliphatic carbocycles. The number of carbonyl (C=O) groups is 3. The van der Waals surface area contributed by atoms with Gasteiger partial charge in [-0.3, -0.25) is 9.59 Å². The van der Waals surface area contributed by atoms with Crippen molar-refractivity contribution in [3.8, 4) is 6.07 Å². The Morgan fingerprint density at radius 2 is 2.08 bits per heavy atom. The van der Waals surface area contributed by atoms with E-state index in [-0.39, 0.29) is 25.7 Å². The lowest BCUT2D eigenvalue weighted by atomic mass is 10.1. The second-order valence-electron chi connectivity index (χ2n) is 5.92. The Morgan fingerprint density at radius 3 is 2.64 bits per heavy atom. The molecule has 1 saturated heterocycles. The lowest BCUT2D eigenvalue weighted by Crippen LogP contribution is -2.32. The molecule has 0 N–H and O–H groups in total. The van der Waals surface area contributed by atoms with Crippen LogP contribution in [-0.2, 0) is 19.2 Å². The van der Waals surface area contributed by atoms with Crippen LogP contribution in [0.2, 0.25) is 0 Å². The van der Waals surface area contributed by atoms with Crippen molar-refractivity contribution in [2.24, 2.45) is 0 Å². The third-order valence-corrected chi connectivity index (χ3v) is 5.44. The number of thiocarbonyl (C=S) groups is 1. The van der Waals surface area contributed by atoms with Gasteiger partial charge in [-0.1, -0.05) is 42.2 Å². The second-order valence-corrected chi connectivity index (χ2v) is 8.10. The number of hydrogen-bond donors (Lipinski definition) is 0. The SMILES string of the molecule is CC(C#N)(CCC(=O)ON1C(=O)CCC1=O)SC(=S)C1=CCCC=C1. The first-order valence-corrected chi connectivity index (χ1v) is 9.15. The van der Waals surface area contributed by atoms with Gasteiger partial charge in [-0.15, -0.1) is 5.06 Å². The summed E-state index contributed by atoms with van der Waals surface area (Å²) >= 11 is 6.63. The minimum atomic E-state index is -0.902. The molecule has 0 aromatic rings. The fourth-order valence-corrected chi connectivity index (χ4v) is 3.94. The summed E-state index contributed by atoms with van der Waals surface area (Å²) in [5.41, 5.74) is 0.920. The highest BCUT2D eigenvalue weighted by molar-refractivity contribution is 8.24. The van der Waals surface area contributed by atoms with Gasteiger partial charge in [-0.25, -0.2) is 4.79 Å². The van der Waals surface area contributed by atoms with Crippen molar-refractivity contribution >= 4 is 46.0 Å². The Hall–Kier alpha value is -1.98. The predicted molar refractivity (Wildman–Crippen MR) is 97.1 cm³/mol. The van der Waals surface area contributed by atoms with E-state index in [2.05, 4.69) is 6.07 Å². The van der Waals surface area contributed by atoms with Crippen LogP contribution in [0.5, 0.6) is 0 Å². The van der Waals surface area contributed by atoms with E-state index in [1.807, 2.05) is 18.2 Å². The molecule has 1 fully saturated rings. The Kier molecular flexibility index (Phi) is 6.51. The fourth-order valence-electron chi connectivity index (χ4n) is 2.30. The van der Waals surface area contributed by atoms with E-state index in [1.165, 1.54) is 11.8 Å². The van der Waals surface area contributed by atoms with Crippen LogP contribution in [-0.4, -0.2) is 31.8 Å². The van der Waals surface area contributed by atoms with Gasteiger partial charge in [-0.05, 0) is 31.8 Å². The molecule has 2 amide bonds. The first kappa shape index (κ1) is 19.3. The third kappa shape index (κ3) is 5.25. The van der Waals surface area contributed by atoms with Crippen molar-refractivity contribution < 1.29 is 19.2 Å². The standard InChI is InChI=1S/C17H18N2O4S2/c1-17(11-18,25-16(24)12-5-3-2-4-6-12)10-9-15(22)23-19-13(20)7-8-14(19)21/h3,5-6H,2,4,7-10H2,1H3. The molecular formula is C17H18N2O4S2. The topological polar surface area (TPSA) is 87.5 Å². The molecule has 8 heteroatoms. The summed E-state index contributed by atoms with van der Waals surface area (Å²) in [7, 11) is 0. The summed E-state index contributed by atoms with van der Waals surface area (Å²) in [4.78, 5) is 39.6. The monoisotopic (exact) mass is 378 g/mol. The first-order valence-electron chi connectivity index (χ1n) is 7.92. The second kappa shape index (κ2) is 8.41. The average Bonchev–Trinajstić information content (AvgIpc) is 2.92. The van der Waals surface area contributed by atoms with Gasteiger partial charge in [0.2, 0.25) is 0 Å². The highest BCUT2D eigenvalue weighted by atomic mass is 32.2. The lowest BCUT2D eigenvalue weighted by molar-refractivity contribution is -0.197. The lowest BCUT2D eigenvalue weighted by Gasteiger charge is -2.22. The van der Waals surface area contributed by atoms with Gasteiger partial charge in [-0.2, -0.15) is 5.26 Å². The van der Waals surface area contributed by atoms with Crippen LogP contribution < -0.4 is 0 Å². The number of nitriles is 1. The number of thioether (sulfide) groups is 1. The van der Waals surface area contributed by atoms with Crippen LogP contribution in [0.4, 0.5) is 0 Å². The largest absolute Gasteiger partial charge is 0.333 e. The van der Waals surface area contributed by atoms with E-state index < -0.39 is 22.5 Å². The van der Waals surface area contributed by atoms with Crippen LogP contribution in [0.15, 0.2) is 23.8 Å². The van der Waals surface area contributed by atoms with Crippen molar-refractivity contribution in [2.75, 3.05) is 0 Å². The smallest absolute Gasteiger partial charge is 0.330 e. The van der Waals surface area contributed by atoms with E-state index in [0.717, 1.165) is 18.4 Å². The van der Waals surface area contributed by atoms with Crippen LogP contribution in [0.3, 0.4) is 0 Å². The maximum atomic E-state index is 11.9. The quantitative estimate of drug-likeness (QED) is 0.518. The number of amides is 2. The van der Waals surface area contributed by atoms with Gasteiger partial charge in [0.25, 0.3) is 11.8 Å². The molecule has 6 nitrogen and oxygen atoms in total. The van der Waals surface area contributed by atoms with Gasteiger partial charge in [0.15, 0.2) is 0 Å². The molecule has 0 aromatic carbocycles. The van der Waals surface area contributed by atoms with Gasteiger partial charge >= 0.3 is 5.97 Å². The van der Waals surface area contributed by atoms with Crippen molar-refractivity contribution in [2.45, 2.75) is 50.2 Å². The number of hydroxylamine groups is 2. The Bertz CT molecular complexity index is 692. The minimum absolute atomic E-state index is 0.0504. The maximum Gasteiger partial charge on any atom is 0.333 e. The molecule has 1 atom stereocenters. The molecule has 0 spiro atoms. The number of imide groups is 1. The zero-order valence-corrected chi connectivity index (χ0v) is 15.5. The number of nitrogens with zero attached hydrogens (tertiary/aromatic N) is 2. The van der Waals surface area contributed by atoms with Crippen LogP contribution in [0, 0.1) is 11.3 Å². The molecule has 0 radical (unpaired) electrons. The summed E-state index contributed by atoms with van der Waals surface area (Å²) in [5.74, 6) is -1.76. The Labute approximate surface area is 155 Å². The van der Waals surface area contributed by atoms with Crippen LogP contribution in [0.1, 0.15) is 45.4 Å². The number of hydrogen-bond acceptors (Lipinski definition) is 7. The summed E-state index contributed by atoms with van der Waals surface area (Å²) in [6.45, 7) is 1.70. The first-order chi connectivity index (χ1) is 11.8. The molecule has 1 heterocycles. The van der Waals surface area contributed by atoms with Gasteiger partial charge in [0.05, 0.1) is 16.7 Å². The van der Waals surface area contributed by atoms with Gasteiger partial charge < -0.3 is 4.84 Å². The van der Waals surface area contributed by atoms with E-state index in [9.17, 15) is 19.6 Å². The number of carbonyl (C=O) groups excluding carboxylic acids is 3. The molecule has 2 rings (SSSR count). The Morgan fingerprint density at radius 1 is 1.40 bits per heavy atom. The molecule has 0 saturated carbocycles. The van der Waals surface area contributed by atoms with E-state index in [0.29, 0.717) is 9.26 Å². The van der Waals surface area contributed by atoms with Gasteiger partial charge in [0.1, 0.15) is 4.75 Å². The Balaban J connectivity index is 1.88. The van der Waals surface area contributed by atoms with Crippen molar-refractivity contribution in [3.63, 3.8) is 0 Å². The number of rotatable bonds is 6. The zero-order valence-electron chi connectivity index (χ0n) is 13.8. The molecule has 0 bridgehead atoms. The molecule has 132 valence electrons. The number of allylic oxidation sites excluding steroid dienone is 3. The van der Waals surface area contributed by atoms with Crippen LogP contribution >= 0.6 is 24.0 Å². The summed E-state index contributed by atoms with van der Waals surface area (Å²) in [6, 6.07) is 2.18. The van der Waals surface area contributed by atoms with Crippen molar-refractivity contribution in [1.82, 2.24) is 5.06 Å². The summed E-state index contributed by atoms with van der Waals surface area (Å²) in [5, 5.41) is 9.99. The molecule has 0 aromatic heterocycles. The minimum Gasteiger partial charge on any atom is -0.330 e. The van der Waals surface area contributed by atoms with Crippen LogP contribution in [0.25, 0.3) is 0 Å². The predicted octanol–water partition coefficient (Wildman–Crippen LogP) is 2.99. The normalized spacial score (nSPS) is 19.2. The van der Waals surface area contributed by atoms with Crippen molar-refractivity contribution in [1.29, 1.82) is 5.26 Å². The molecule has 1 unspecified atom stereocenters. The molecule has 25 heavy (non-hydrogen) atoms. The van der Waals surface area contributed by atoms with E-state index >= 15 is 0 Å². The maximum absolute atomic E-state index is 11.9. The molecular weight excluding hydrogens is 360 g/mol. The van der Waals surface area contributed by atoms with E-state index in [4.69, 9.17) is 17.1 Å².